The minimum atomic E-state index is -3.63. The Hall–Kier alpha value is -3.43. The predicted molar refractivity (Wildman–Crippen MR) is 152 cm³/mol. The third kappa shape index (κ3) is 8.80. The molecule has 0 fully saturated rings. The van der Waals surface area contributed by atoms with E-state index in [1.54, 1.807) is 49.4 Å². The van der Waals surface area contributed by atoms with E-state index in [1.165, 1.54) is 15.3 Å². The predicted octanol–water partition coefficient (Wildman–Crippen LogP) is 4.80. The van der Waals surface area contributed by atoms with Crippen molar-refractivity contribution in [3.8, 4) is 0 Å². The summed E-state index contributed by atoms with van der Waals surface area (Å²) in [6.45, 7) is 2.10. The minimum Gasteiger partial charge on any atom is -0.355 e. The first kappa shape index (κ1) is 30.1. The fourth-order valence-corrected chi connectivity index (χ4v) is 5.36. The summed E-state index contributed by atoms with van der Waals surface area (Å²) in [5.41, 5.74) is 1.57. The molecule has 0 heterocycles. The van der Waals surface area contributed by atoms with Gasteiger partial charge in [-0.2, -0.15) is 0 Å². The standard InChI is InChI=1S/C29H33ClFN3O4S/c1-3-32-29(36)27(20-22-10-5-4-6-11-22)33(21-23-12-7-8-13-26(23)31)28(35)14-9-19-34(39(2,37)38)25-17-15-24(30)16-18-25/h4-8,10-13,15-18,27H,3,9,14,19-21H2,1-2H3,(H,32,36)/t27-/m1/s1. The lowest BCUT2D eigenvalue weighted by Gasteiger charge is -2.32. The quantitative estimate of drug-likeness (QED) is 0.318. The summed E-state index contributed by atoms with van der Waals surface area (Å²) < 4.78 is 40.8. The molecule has 0 aromatic heterocycles. The third-order valence-electron chi connectivity index (χ3n) is 6.19. The van der Waals surface area contributed by atoms with Crippen molar-refractivity contribution in [1.29, 1.82) is 0 Å². The molecule has 208 valence electrons. The van der Waals surface area contributed by atoms with Crippen LogP contribution < -0.4 is 9.62 Å². The summed E-state index contributed by atoms with van der Waals surface area (Å²) >= 11 is 5.95. The Morgan fingerprint density at radius 3 is 2.23 bits per heavy atom. The number of carbonyl (C=O) groups is 2. The molecule has 0 aliphatic rings. The highest BCUT2D eigenvalue weighted by Crippen LogP contribution is 2.22. The number of carbonyl (C=O) groups excluding carboxylic acids is 2. The lowest BCUT2D eigenvalue weighted by atomic mass is 10.0. The number of nitrogens with zero attached hydrogens (tertiary/aromatic N) is 2. The highest BCUT2D eigenvalue weighted by Gasteiger charge is 2.30. The Morgan fingerprint density at radius 1 is 0.974 bits per heavy atom. The van der Waals surface area contributed by atoms with Crippen molar-refractivity contribution in [1.82, 2.24) is 10.2 Å². The lowest BCUT2D eigenvalue weighted by Crippen LogP contribution is -2.50. The van der Waals surface area contributed by atoms with Crippen molar-refractivity contribution in [3.63, 3.8) is 0 Å². The number of benzene rings is 3. The van der Waals surface area contributed by atoms with Gasteiger partial charge >= 0.3 is 0 Å². The summed E-state index contributed by atoms with van der Waals surface area (Å²) in [6, 6.07) is 20.9. The topological polar surface area (TPSA) is 86.8 Å². The van der Waals surface area contributed by atoms with Gasteiger partial charge in [0, 0.05) is 43.1 Å². The Morgan fingerprint density at radius 2 is 1.62 bits per heavy atom. The Kier molecular flexibility index (Phi) is 10.9. The molecule has 1 N–H and O–H groups in total. The van der Waals surface area contributed by atoms with E-state index in [9.17, 15) is 22.4 Å². The van der Waals surface area contributed by atoms with Crippen molar-refractivity contribution in [2.75, 3.05) is 23.7 Å². The molecule has 0 aliphatic carbocycles. The Labute approximate surface area is 234 Å². The molecule has 0 saturated heterocycles. The van der Waals surface area contributed by atoms with Gasteiger partial charge in [0.2, 0.25) is 21.8 Å². The lowest BCUT2D eigenvalue weighted by molar-refractivity contribution is -0.141. The van der Waals surface area contributed by atoms with Crippen LogP contribution in [0.2, 0.25) is 5.02 Å². The second-order valence-corrected chi connectivity index (χ2v) is 11.5. The molecule has 1 atom stereocenters. The van der Waals surface area contributed by atoms with Crippen LogP contribution >= 0.6 is 11.6 Å². The molecular formula is C29H33ClFN3O4S. The van der Waals surface area contributed by atoms with Crippen LogP contribution in [0.4, 0.5) is 10.1 Å². The number of halogens is 2. The van der Waals surface area contributed by atoms with E-state index in [-0.39, 0.29) is 49.7 Å². The molecule has 7 nitrogen and oxygen atoms in total. The van der Waals surface area contributed by atoms with Crippen LogP contribution in [0.3, 0.4) is 0 Å². The number of likely N-dealkylation sites (N-methyl/N-ethyl adjacent to an activating group) is 1. The smallest absolute Gasteiger partial charge is 0.243 e. The van der Waals surface area contributed by atoms with Crippen molar-refractivity contribution in [3.05, 3.63) is 101 Å². The van der Waals surface area contributed by atoms with Gasteiger partial charge in [-0.15, -0.1) is 0 Å². The summed E-state index contributed by atoms with van der Waals surface area (Å²) in [7, 11) is -3.63. The zero-order chi connectivity index (χ0) is 28.4. The van der Waals surface area contributed by atoms with Gasteiger partial charge in [-0.05, 0) is 49.2 Å². The maximum atomic E-state index is 14.6. The molecule has 0 saturated carbocycles. The first-order valence-corrected chi connectivity index (χ1v) is 14.9. The van der Waals surface area contributed by atoms with Gasteiger partial charge in [-0.1, -0.05) is 60.1 Å². The van der Waals surface area contributed by atoms with E-state index >= 15 is 0 Å². The fourth-order valence-electron chi connectivity index (χ4n) is 4.27. The highest BCUT2D eigenvalue weighted by molar-refractivity contribution is 7.92. The largest absolute Gasteiger partial charge is 0.355 e. The fraction of sp³-hybridized carbons (Fsp3) is 0.310. The average Bonchev–Trinajstić information content (AvgIpc) is 2.90. The van der Waals surface area contributed by atoms with Gasteiger partial charge in [0.1, 0.15) is 11.9 Å². The zero-order valence-electron chi connectivity index (χ0n) is 22.0. The van der Waals surface area contributed by atoms with E-state index in [4.69, 9.17) is 11.6 Å². The molecule has 3 aromatic rings. The zero-order valence-corrected chi connectivity index (χ0v) is 23.6. The van der Waals surface area contributed by atoms with Crippen LogP contribution in [-0.2, 0) is 32.6 Å². The molecule has 0 spiro atoms. The second-order valence-electron chi connectivity index (χ2n) is 9.13. The molecular weight excluding hydrogens is 541 g/mol. The number of anilines is 1. The number of sulfonamides is 1. The van der Waals surface area contributed by atoms with E-state index in [2.05, 4.69) is 5.32 Å². The third-order valence-corrected chi connectivity index (χ3v) is 7.63. The van der Waals surface area contributed by atoms with Gasteiger partial charge in [-0.25, -0.2) is 12.8 Å². The average molecular weight is 574 g/mol. The number of hydrogen-bond donors (Lipinski definition) is 1. The van der Waals surface area contributed by atoms with Gasteiger partial charge in [-0.3, -0.25) is 13.9 Å². The van der Waals surface area contributed by atoms with Crippen LogP contribution in [0.1, 0.15) is 30.9 Å². The molecule has 3 aromatic carbocycles. The number of hydrogen-bond acceptors (Lipinski definition) is 4. The summed E-state index contributed by atoms with van der Waals surface area (Å²) in [4.78, 5) is 28.2. The van der Waals surface area contributed by atoms with Crippen LogP contribution in [-0.4, -0.2) is 50.5 Å². The molecule has 39 heavy (non-hydrogen) atoms. The number of nitrogens with one attached hydrogen (secondary N) is 1. The monoisotopic (exact) mass is 573 g/mol. The molecule has 3 rings (SSSR count). The maximum Gasteiger partial charge on any atom is 0.243 e. The second kappa shape index (κ2) is 14.1. The van der Waals surface area contributed by atoms with Crippen molar-refractivity contribution >= 4 is 39.1 Å². The first-order chi connectivity index (χ1) is 18.6. The van der Waals surface area contributed by atoms with Crippen LogP contribution in [0.25, 0.3) is 0 Å². The number of rotatable bonds is 13. The van der Waals surface area contributed by atoms with Gasteiger partial charge in [0.25, 0.3) is 0 Å². The summed E-state index contributed by atoms with van der Waals surface area (Å²) in [6.07, 6.45) is 1.49. The van der Waals surface area contributed by atoms with Crippen LogP contribution in [0, 0.1) is 5.82 Å². The van der Waals surface area contributed by atoms with E-state index in [0.717, 1.165) is 11.8 Å². The molecule has 10 heteroatoms. The molecule has 2 amide bonds. The van der Waals surface area contributed by atoms with E-state index in [0.29, 0.717) is 17.3 Å². The molecule has 0 aliphatic heterocycles. The van der Waals surface area contributed by atoms with Gasteiger partial charge in [0.05, 0.1) is 11.9 Å². The van der Waals surface area contributed by atoms with Gasteiger partial charge in [0.15, 0.2) is 0 Å². The van der Waals surface area contributed by atoms with Crippen molar-refractivity contribution in [2.24, 2.45) is 0 Å². The molecule has 0 bridgehead atoms. The Bertz CT molecular complexity index is 1350. The van der Waals surface area contributed by atoms with Gasteiger partial charge < -0.3 is 10.2 Å². The SMILES string of the molecule is CCNC(=O)[C@@H](Cc1ccccc1)N(Cc1ccccc1F)C(=O)CCCN(c1ccc(Cl)cc1)S(C)(=O)=O. The minimum absolute atomic E-state index is 0.0429. The van der Waals surface area contributed by atoms with Crippen molar-refractivity contribution in [2.45, 2.75) is 38.8 Å². The highest BCUT2D eigenvalue weighted by atomic mass is 35.5. The Balaban J connectivity index is 1.86. The van der Waals surface area contributed by atoms with Crippen LogP contribution in [0.5, 0.6) is 0 Å². The van der Waals surface area contributed by atoms with Crippen LogP contribution in [0.15, 0.2) is 78.9 Å². The van der Waals surface area contributed by atoms with E-state index < -0.39 is 21.9 Å². The normalized spacial score (nSPS) is 12.0. The maximum absolute atomic E-state index is 14.6. The molecule has 0 radical (unpaired) electrons. The van der Waals surface area contributed by atoms with Crippen molar-refractivity contribution < 1.29 is 22.4 Å². The molecule has 0 unspecified atom stereocenters. The number of amides is 2. The first-order valence-electron chi connectivity index (χ1n) is 12.7. The summed E-state index contributed by atoms with van der Waals surface area (Å²) in [5.74, 6) is -1.20. The summed E-state index contributed by atoms with van der Waals surface area (Å²) in [5, 5.41) is 3.27. The van der Waals surface area contributed by atoms with E-state index in [1.807, 2.05) is 30.3 Å².